The SMILES string of the molecule is COc1ccc(C2C(C#N)=C(N)N(c3nnc(SCc4ccccc4)s3)C3=C2C(=O)CCC3)cc1. The number of nitrogens with zero attached hydrogens (tertiary/aromatic N) is 4. The van der Waals surface area contributed by atoms with Crippen LogP contribution in [-0.2, 0) is 10.5 Å². The largest absolute Gasteiger partial charge is 0.497 e. The second kappa shape index (κ2) is 9.94. The summed E-state index contributed by atoms with van der Waals surface area (Å²) in [7, 11) is 1.60. The van der Waals surface area contributed by atoms with Crippen LogP contribution in [0.2, 0.25) is 0 Å². The van der Waals surface area contributed by atoms with Crippen LogP contribution in [0.1, 0.15) is 36.3 Å². The normalized spacial score (nSPS) is 17.9. The summed E-state index contributed by atoms with van der Waals surface area (Å²) in [6.07, 6.45) is 1.86. The van der Waals surface area contributed by atoms with E-state index in [2.05, 4.69) is 28.4 Å². The Morgan fingerprint density at radius 1 is 1.17 bits per heavy atom. The minimum atomic E-state index is -0.509. The van der Waals surface area contributed by atoms with E-state index in [9.17, 15) is 10.1 Å². The molecule has 0 fully saturated rings. The number of hydrogen-bond acceptors (Lipinski definition) is 9. The van der Waals surface area contributed by atoms with E-state index in [-0.39, 0.29) is 5.78 Å². The topological polar surface area (TPSA) is 105 Å². The quantitative estimate of drug-likeness (QED) is 0.463. The molecule has 35 heavy (non-hydrogen) atoms. The molecule has 2 aliphatic rings. The van der Waals surface area contributed by atoms with Gasteiger partial charge in [0.15, 0.2) is 10.1 Å². The van der Waals surface area contributed by atoms with Gasteiger partial charge in [0.1, 0.15) is 11.6 Å². The maximum absolute atomic E-state index is 13.2. The van der Waals surface area contributed by atoms with Crippen molar-refractivity contribution < 1.29 is 9.53 Å². The molecule has 2 N–H and O–H groups in total. The van der Waals surface area contributed by atoms with Crippen LogP contribution in [0.5, 0.6) is 5.75 Å². The summed E-state index contributed by atoms with van der Waals surface area (Å²) >= 11 is 3.01. The molecule has 0 saturated carbocycles. The number of aromatic nitrogens is 2. The van der Waals surface area contributed by atoms with E-state index in [1.165, 1.54) is 16.9 Å². The number of hydrogen-bond donors (Lipinski definition) is 1. The number of rotatable bonds is 6. The van der Waals surface area contributed by atoms with Gasteiger partial charge in [-0.15, -0.1) is 10.2 Å². The summed E-state index contributed by atoms with van der Waals surface area (Å²) in [5.74, 6) is 1.32. The fourth-order valence-electron chi connectivity index (χ4n) is 4.51. The maximum atomic E-state index is 13.2. The molecule has 1 aliphatic carbocycles. The Kier molecular flexibility index (Phi) is 6.57. The lowest BCUT2D eigenvalue weighted by atomic mass is 9.76. The Balaban J connectivity index is 1.53. The molecule has 176 valence electrons. The molecule has 0 amide bonds. The van der Waals surface area contributed by atoms with Gasteiger partial charge in [0.2, 0.25) is 5.13 Å². The number of carbonyl (C=O) groups is 1. The highest BCUT2D eigenvalue weighted by Crippen LogP contribution is 2.47. The van der Waals surface area contributed by atoms with E-state index in [1.54, 1.807) is 23.8 Å². The van der Waals surface area contributed by atoms with Gasteiger partial charge in [-0.3, -0.25) is 9.69 Å². The Morgan fingerprint density at radius 2 is 1.94 bits per heavy atom. The highest BCUT2D eigenvalue weighted by Gasteiger charge is 2.41. The zero-order valence-electron chi connectivity index (χ0n) is 19.1. The number of allylic oxidation sites excluding steroid dienone is 3. The highest BCUT2D eigenvalue weighted by molar-refractivity contribution is 8.00. The van der Waals surface area contributed by atoms with Gasteiger partial charge in [-0.2, -0.15) is 5.26 Å². The van der Waals surface area contributed by atoms with Gasteiger partial charge in [-0.25, -0.2) is 0 Å². The number of anilines is 1. The average Bonchev–Trinajstić information content (AvgIpc) is 3.36. The number of ether oxygens (including phenoxy) is 1. The molecule has 0 radical (unpaired) electrons. The molecule has 1 aliphatic heterocycles. The number of nitrogens with two attached hydrogens (primary N) is 1. The number of thioether (sulfide) groups is 1. The summed E-state index contributed by atoms with van der Waals surface area (Å²) in [4.78, 5) is 15.0. The first-order valence-corrected chi connectivity index (χ1v) is 13.0. The van der Waals surface area contributed by atoms with Gasteiger partial charge < -0.3 is 10.5 Å². The summed E-state index contributed by atoms with van der Waals surface area (Å²) in [5.41, 5.74) is 10.4. The van der Waals surface area contributed by atoms with E-state index in [1.807, 2.05) is 42.5 Å². The number of ketones is 1. The van der Waals surface area contributed by atoms with Gasteiger partial charge >= 0.3 is 0 Å². The van der Waals surface area contributed by atoms with Crippen molar-refractivity contribution in [2.45, 2.75) is 35.3 Å². The van der Waals surface area contributed by atoms with Crippen molar-refractivity contribution in [3.05, 3.63) is 88.4 Å². The molecular formula is C26H23N5O2S2. The lowest BCUT2D eigenvalue weighted by Crippen LogP contribution is -2.38. The third-order valence-electron chi connectivity index (χ3n) is 6.15. The number of carbonyl (C=O) groups excluding carboxylic acids is 1. The third-order valence-corrected chi connectivity index (χ3v) is 8.27. The smallest absolute Gasteiger partial charge is 0.219 e. The first kappa shape index (κ1) is 23.1. The second-order valence-corrected chi connectivity index (χ2v) is 10.4. The van der Waals surface area contributed by atoms with Crippen LogP contribution >= 0.6 is 23.1 Å². The maximum Gasteiger partial charge on any atom is 0.219 e. The minimum absolute atomic E-state index is 0.0421. The molecule has 1 unspecified atom stereocenters. The Hall–Kier alpha value is -3.61. The number of methoxy groups -OCH3 is 1. The first-order chi connectivity index (χ1) is 17.1. The predicted molar refractivity (Wildman–Crippen MR) is 137 cm³/mol. The van der Waals surface area contributed by atoms with E-state index in [0.717, 1.165) is 27.8 Å². The Labute approximate surface area is 211 Å². The molecule has 0 bridgehead atoms. The molecule has 1 aromatic heterocycles. The molecule has 0 spiro atoms. The summed E-state index contributed by atoms with van der Waals surface area (Å²) in [5, 5.41) is 19.5. The summed E-state index contributed by atoms with van der Waals surface area (Å²) < 4.78 is 6.08. The lowest BCUT2D eigenvalue weighted by molar-refractivity contribution is -0.116. The lowest BCUT2D eigenvalue weighted by Gasteiger charge is -2.38. The van der Waals surface area contributed by atoms with Gasteiger partial charge in [0.05, 0.1) is 24.7 Å². The van der Waals surface area contributed by atoms with E-state index < -0.39 is 5.92 Å². The second-order valence-electron chi connectivity index (χ2n) is 8.21. The highest BCUT2D eigenvalue weighted by atomic mass is 32.2. The standard InChI is InChI=1S/C26H23N5O2S2/c1-33-18-12-10-17(11-13-18)22-19(14-27)24(28)31(20-8-5-9-21(32)23(20)22)25-29-30-26(35-25)34-15-16-6-3-2-4-7-16/h2-4,6-7,10-13,22H,5,8-9,15,28H2,1H3. The molecule has 9 heteroatoms. The van der Waals surface area contributed by atoms with Crippen molar-refractivity contribution in [2.75, 3.05) is 12.0 Å². The van der Waals surface area contributed by atoms with Crippen LogP contribution in [0.25, 0.3) is 0 Å². The average molecular weight is 502 g/mol. The van der Waals surface area contributed by atoms with Crippen molar-refractivity contribution in [1.29, 1.82) is 5.26 Å². The summed E-state index contributed by atoms with van der Waals surface area (Å²) in [6.45, 7) is 0. The number of benzene rings is 2. The number of Topliss-reactive ketones (excluding diaryl/α,β-unsaturated/α-hetero) is 1. The number of nitriles is 1. The van der Waals surface area contributed by atoms with Crippen LogP contribution in [0.3, 0.4) is 0 Å². The Bertz CT molecular complexity index is 1360. The molecule has 0 saturated heterocycles. The Morgan fingerprint density at radius 3 is 2.66 bits per heavy atom. The third kappa shape index (κ3) is 4.43. The van der Waals surface area contributed by atoms with Crippen molar-refractivity contribution in [1.82, 2.24) is 10.2 Å². The molecule has 1 atom stereocenters. The van der Waals surface area contributed by atoms with E-state index in [0.29, 0.717) is 40.7 Å². The van der Waals surface area contributed by atoms with Crippen molar-refractivity contribution in [3.8, 4) is 11.8 Å². The van der Waals surface area contributed by atoms with Crippen LogP contribution in [-0.4, -0.2) is 23.1 Å². The van der Waals surface area contributed by atoms with Crippen LogP contribution in [0.4, 0.5) is 5.13 Å². The van der Waals surface area contributed by atoms with Crippen LogP contribution in [0, 0.1) is 11.3 Å². The van der Waals surface area contributed by atoms with Gasteiger partial charge in [-0.1, -0.05) is 65.6 Å². The van der Waals surface area contributed by atoms with Crippen molar-refractivity contribution in [2.24, 2.45) is 5.73 Å². The van der Waals surface area contributed by atoms with Crippen LogP contribution < -0.4 is 15.4 Å². The molecular weight excluding hydrogens is 478 g/mol. The van der Waals surface area contributed by atoms with Gasteiger partial charge in [0, 0.05) is 23.4 Å². The zero-order valence-corrected chi connectivity index (χ0v) is 20.7. The zero-order chi connectivity index (χ0) is 24.4. The van der Waals surface area contributed by atoms with Crippen molar-refractivity contribution >= 4 is 34.0 Å². The molecule has 2 aromatic carbocycles. The fraction of sp³-hybridized carbons (Fsp3) is 0.231. The van der Waals surface area contributed by atoms with E-state index in [4.69, 9.17) is 10.5 Å². The molecule has 7 nitrogen and oxygen atoms in total. The van der Waals surface area contributed by atoms with Gasteiger partial charge in [0.25, 0.3) is 0 Å². The van der Waals surface area contributed by atoms with Crippen molar-refractivity contribution in [3.63, 3.8) is 0 Å². The summed E-state index contributed by atoms with van der Waals surface area (Å²) in [6, 6.07) is 19.9. The van der Waals surface area contributed by atoms with Crippen LogP contribution in [0.15, 0.2) is 81.6 Å². The van der Waals surface area contributed by atoms with E-state index >= 15 is 0 Å². The first-order valence-electron chi connectivity index (χ1n) is 11.2. The monoisotopic (exact) mass is 501 g/mol. The van der Waals surface area contributed by atoms with Gasteiger partial charge in [-0.05, 0) is 36.1 Å². The minimum Gasteiger partial charge on any atom is -0.497 e. The fourth-order valence-corrected chi connectivity index (χ4v) is 6.34. The molecule has 3 aromatic rings. The predicted octanol–water partition coefficient (Wildman–Crippen LogP) is 5.14. The molecule has 2 heterocycles. The molecule has 5 rings (SSSR count).